The van der Waals surface area contributed by atoms with E-state index < -0.39 is 0 Å². The molecule has 1 aromatic carbocycles. The first-order valence-electron chi connectivity index (χ1n) is 5.23. The van der Waals surface area contributed by atoms with E-state index in [9.17, 15) is 4.79 Å². The summed E-state index contributed by atoms with van der Waals surface area (Å²) >= 11 is 4.85. The van der Waals surface area contributed by atoms with Crippen LogP contribution in [0.1, 0.15) is 35.7 Å². The van der Waals surface area contributed by atoms with Crippen molar-refractivity contribution in [1.82, 2.24) is 5.32 Å². The van der Waals surface area contributed by atoms with E-state index in [-0.39, 0.29) is 11.4 Å². The van der Waals surface area contributed by atoms with Crippen LogP contribution in [0.3, 0.4) is 0 Å². The molecule has 3 N–H and O–H groups in total. The minimum Gasteiger partial charge on any atom is -0.389 e. The standard InChI is InChI=1S/C12H14N2OS/c1-12(6-7-12)14-11(15)9-4-2-8(3-5-9)10(13)16/h2-5H,6-7H2,1H3,(H2,13,16)(H,14,15). The van der Waals surface area contributed by atoms with Crippen LogP contribution in [-0.2, 0) is 0 Å². The number of carbonyl (C=O) groups is 1. The van der Waals surface area contributed by atoms with Crippen molar-refractivity contribution in [2.75, 3.05) is 0 Å². The summed E-state index contributed by atoms with van der Waals surface area (Å²) < 4.78 is 0. The summed E-state index contributed by atoms with van der Waals surface area (Å²) in [4.78, 5) is 12.2. The van der Waals surface area contributed by atoms with Gasteiger partial charge in [0, 0.05) is 16.7 Å². The molecular formula is C12H14N2OS. The third-order valence-corrected chi connectivity index (χ3v) is 3.08. The molecule has 1 fully saturated rings. The molecule has 0 saturated heterocycles. The number of thiocarbonyl (C=S) groups is 1. The fourth-order valence-corrected chi connectivity index (χ4v) is 1.58. The number of amides is 1. The van der Waals surface area contributed by atoms with Crippen molar-refractivity contribution in [3.05, 3.63) is 35.4 Å². The van der Waals surface area contributed by atoms with Gasteiger partial charge in [0.25, 0.3) is 5.91 Å². The average Bonchev–Trinajstić information content (AvgIpc) is 2.96. The van der Waals surface area contributed by atoms with Crippen LogP contribution in [-0.4, -0.2) is 16.4 Å². The topological polar surface area (TPSA) is 55.1 Å². The Kier molecular flexibility index (Phi) is 2.68. The number of nitrogens with two attached hydrogens (primary N) is 1. The van der Waals surface area contributed by atoms with Gasteiger partial charge in [-0.2, -0.15) is 0 Å². The van der Waals surface area contributed by atoms with Crippen molar-refractivity contribution in [2.24, 2.45) is 5.73 Å². The molecule has 0 atom stereocenters. The molecule has 1 aromatic rings. The second kappa shape index (κ2) is 3.87. The van der Waals surface area contributed by atoms with E-state index >= 15 is 0 Å². The number of nitrogens with one attached hydrogen (secondary N) is 1. The molecule has 0 radical (unpaired) electrons. The van der Waals surface area contributed by atoms with Crippen molar-refractivity contribution >= 4 is 23.1 Å². The lowest BCUT2D eigenvalue weighted by Crippen LogP contribution is -2.34. The van der Waals surface area contributed by atoms with Gasteiger partial charge in [0.15, 0.2) is 0 Å². The molecule has 0 spiro atoms. The Morgan fingerprint density at radius 3 is 2.25 bits per heavy atom. The average molecular weight is 234 g/mol. The molecule has 1 aliphatic rings. The van der Waals surface area contributed by atoms with Gasteiger partial charge in [-0.1, -0.05) is 24.4 Å². The molecule has 0 heterocycles. The molecule has 1 aliphatic carbocycles. The van der Waals surface area contributed by atoms with Crippen LogP contribution in [0.2, 0.25) is 0 Å². The van der Waals surface area contributed by atoms with Gasteiger partial charge in [0.2, 0.25) is 0 Å². The lowest BCUT2D eigenvalue weighted by atomic mass is 10.1. The Morgan fingerprint density at radius 2 is 1.81 bits per heavy atom. The second-order valence-corrected chi connectivity index (χ2v) is 4.90. The fraction of sp³-hybridized carbons (Fsp3) is 0.333. The van der Waals surface area contributed by atoms with Gasteiger partial charge < -0.3 is 11.1 Å². The molecule has 1 amide bonds. The third kappa shape index (κ3) is 2.39. The molecule has 84 valence electrons. The van der Waals surface area contributed by atoms with Gasteiger partial charge in [-0.3, -0.25) is 4.79 Å². The van der Waals surface area contributed by atoms with E-state index in [4.69, 9.17) is 18.0 Å². The highest BCUT2D eigenvalue weighted by atomic mass is 32.1. The first-order valence-corrected chi connectivity index (χ1v) is 5.63. The van der Waals surface area contributed by atoms with Crippen LogP contribution in [0, 0.1) is 0 Å². The Labute approximate surface area is 100 Å². The zero-order valence-electron chi connectivity index (χ0n) is 9.12. The van der Waals surface area contributed by atoms with Crippen LogP contribution in [0.5, 0.6) is 0 Å². The highest BCUT2D eigenvalue weighted by Crippen LogP contribution is 2.34. The fourth-order valence-electron chi connectivity index (χ4n) is 1.44. The molecule has 3 nitrogen and oxygen atoms in total. The predicted molar refractivity (Wildman–Crippen MR) is 67.4 cm³/mol. The summed E-state index contributed by atoms with van der Waals surface area (Å²) in [7, 11) is 0. The summed E-state index contributed by atoms with van der Waals surface area (Å²) in [5, 5.41) is 2.99. The lowest BCUT2D eigenvalue weighted by molar-refractivity contribution is 0.0935. The third-order valence-electron chi connectivity index (χ3n) is 2.85. The van der Waals surface area contributed by atoms with Crippen LogP contribution in [0.25, 0.3) is 0 Å². The van der Waals surface area contributed by atoms with Crippen LogP contribution in [0.15, 0.2) is 24.3 Å². The van der Waals surface area contributed by atoms with Gasteiger partial charge in [-0.25, -0.2) is 0 Å². The van der Waals surface area contributed by atoms with E-state index in [0.717, 1.165) is 18.4 Å². The van der Waals surface area contributed by atoms with Gasteiger partial charge in [0.1, 0.15) is 4.99 Å². The van der Waals surface area contributed by atoms with E-state index in [2.05, 4.69) is 5.32 Å². The molecule has 16 heavy (non-hydrogen) atoms. The van der Waals surface area contributed by atoms with Crippen molar-refractivity contribution in [3.63, 3.8) is 0 Å². The summed E-state index contributed by atoms with van der Waals surface area (Å²) in [6.07, 6.45) is 2.12. The molecular weight excluding hydrogens is 220 g/mol. The SMILES string of the molecule is CC1(NC(=O)c2ccc(C(N)=S)cc2)CC1. The van der Waals surface area contributed by atoms with Gasteiger partial charge >= 0.3 is 0 Å². The zero-order chi connectivity index (χ0) is 11.8. The molecule has 0 bridgehead atoms. The molecule has 2 rings (SSSR count). The number of hydrogen-bond donors (Lipinski definition) is 2. The smallest absolute Gasteiger partial charge is 0.251 e. The number of rotatable bonds is 3. The van der Waals surface area contributed by atoms with Crippen LogP contribution >= 0.6 is 12.2 Å². The van der Waals surface area contributed by atoms with E-state index in [1.165, 1.54) is 0 Å². The number of carbonyl (C=O) groups excluding carboxylic acids is 1. The van der Waals surface area contributed by atoms with Gasteiger partial charge in [0.05, 0.1) is 0 Å². The first-order chi connectivity index (χ1) is 7.50. The van der Waals surface area contributed by atoms with Gasteiger partial charge in [-0.15, -0.1) is 0 Å². The van der Waals surface area contributed by atoms with E-state index in [1.54, 1.807) is 24.3 Å². The molecule has 0 aromatic heterocycles. The molecule has 4 heteroatoms. The minimum absolute atomic E-state index is 0.0128. The molecule has 1 saturated carbocycles. The van der Waals surface area contributed by atoms with E-state index in [1.807, 2.05) is 6.92 Å². The normalized spacial score (nSPS) is 16.6. The number of hydrogen-bond acceptors (Lipinski definition) is 2. The highest BCUT2D eigenvalue weighted by molar-refractivity contribution is 7.80. The first kappa shape index (κ1) is 11.1. The quantitative estimate of drug-likeness (QED) is 0.781. The highest BCUT2D eigenvalue weighted by Gasteiger charge is 2.38. The van der Waals surface area contributed by atoms with Crippen molar-refractivity contribution in [3.8, 4) is 0 Å². The summed E-state index contributed by atoms with van der Waals surface area (Å²) in [5.74, 6) is -0.0329. The molecule has 0 unspecified atom stereocenters. The van der Waals surface area contributed by atoms with Crippen LogP contribution < -0.4 is 11.1 Å². The maximum Gasteiger partial charge on any atom is 0.251 e. The van der Waals surface area contributed by atoms with Crippen molar-refractivity contribution in [2.45, 2.75) is 25.3 Å². The van der Waals surface area contributed by atoms with E-state index in [0.29, 0.717) is 10.6 Å². The maximum absolute atomic E-state index is 11.8. The van der Waals surface area contributed by atoms with Crippen LogP contribution in [0.4, 0.5) is 0 Å². The monoisotopic (exact) mass is 234 g/mol. The molecule has 0 aliphatic heterocycles. The summed E-state index contributed by atoms with van der Waals surface area (Å²) in [6, 6.07) is 7.03. The largest absolute Gasteiger partial charge is 0.389 e. The zero-order valence-corrected chi connectivity index (χ0v) is 9.93. The number of benzene rings is 1. The Morgan fingerprint density at radius 1 is 1.31 bits per heavy atom. The Balaban J connectivity index is 2.09. The second-order valence-electron chi connectivity index (χ2n) is 4.46. The Hall–Kier alpha value is -1.42. The Bertz CT molecular complexity index is 435. The van der Waals surface area contributed by atoms with Crippen molar-refractivity contribution in [1.29, 1.82) is 0 Å². The predicted octanol–water partition coefficient (Wildman–Crippen LogP) is 1.60. The summed E-state index contributed by atoms with van der Waals surface area (Å²) in [6.45, 7) is 2.05. The van der Waals surface area contributed by atoms with Gasteiger partial charge in [-0.05, 0) is 31.9 Å². The summed E-state index contributed by atoms with van der Waals surface area (Å²) in [5.41, 5.74) is 6.92. The van der Waals surface area contributed by atoms with Crippen molar-refractivity contribution < 1.29 is 4.79 Å². The lowest BCUT2D eigenvalue weighted by Gasteiger charge is -2.11. The minimum atomic E-state index is -0.0329. The maximum atomic E-state index is 11.8.